The van der Waals surface area contributed by atoms with E-state index < -0.39 is 15.4 Å². The summed E-state index contributed by atoms with van der Waals surface area (Å²) in [6.07, 6.45) is 3.45. The van der Waals surface area contributed by atoms with Crippen molar-refractivity contribution in [2.45, 2.75) is 49.8 Å². The normalized spacial score (nSPS) is 12.0. The molecular weight excluding hydrogens is 346 g/mol. The van der Waals surface area contributed by atoms with Crippen LogP contribution in [0, 0.1) is 0 Å². The van der Waals surface area contributed by atoms with Gasteiger partial charge in [0.25, 0.3) is 10.0 Å². The number of ether oxygens (including phenoxy) is 2. The molecule has 0 unspecified atom stereocenters. The fourth-order valence-electron chi connectivity index (χ4n) is 1.97. The molecule has 0 fully saturated rings. The van der Waals surface area contributed by atoms with Crippen LogP contribution in [0.5, 0.6) is 0 Å². The molecule has 0 atom stereocenters. The summed E-state index contributed by atoms with van der Waals surface area (Å²) in [4.78, 5) is 2.25. The first-order valence-corrected chi connectivity index (χ1v) is 9.79. The molecule has 0 aromatic heterocycles. The molecule has 1 aromatic carbocycles. The number of sulfonamides is 1. The van der Waals surface area contributed by atoms with Crippen molar-refractivity contribution >= 4 is 20.3 Å². The highest BCUT2D eigenvalue weighted by atomic mass is 32.2. The van der Waals surface area contributed by atoms with Crippen molar-refractivity contribution in [3.8, 4) is 0 Å². The van der Waals surface area contributed by atoms with E-state index in [1.807, 2.05) is 13.8 Å². The second-order valence-electron chi connectivity index (χ2n) is 5.16. The zero-order valence-electron chi connectivity index (χ0n) is 13.9. The van der Waals surface area contributed by atoms with Crippen LogP contribution in [0.4, 0.5) is 0 Å². The van der Waals surface area contributed by atoms with Crippen molar-refractivity contribution in [2.75, 3.05) is 13.2 Å². The van der Waals surface area contributed by atoms with Gasteiger partial charge in [0.05, 0.1) is 4.90 Å². The van der Waals surface area contributed by atoms with Crippen LogP contribution in [-0.2, 0) is 24.9 Å². The lowest BCUT2D eigenvalue weighted by molar-refractivity contribution is -0.188. The van der Waals surface area contributed by atoms with Crippen LogP contribution in [-0.4, -0.2) is 31.9 Å². The van der Waals surface area contributed by atoms with Gasteiger partial charge in [-0.05, 0) is 24.4 Å². The standard InChI is InChI=1S/C15H22N3O4SSi/c1-3-5-11-21-15(24,22-12-6-4-2)13-9-7-8-10-14(13)23(19,20)18-17-16/h7-10H,3-6,11-12H2,1-2H3. The lowest BCUT2D eigenvalue weighted by Gasteiger charge is -2.32. The molecule has 0 aliphatic rings. The Morgan fingerprint density at radius 2 is 1.71 bits per heavy atom. The molecular formula is C15H22N3O4SSi. The van der Waals surface area contributed by atoms with Crippen molar-refractivity contribution in [2.24, 2.45) is 4.52 Å². The Bertz CT molecular complexity index is 665. The summed E-state index contributed by atoms with van der Waals surface area (Å²) in [6, 6.07) is 6.16. The molecule has 0 aliphatic heterocycles. The number of azide groups is 1. The highest BCUT2D eigenvalue weighted by Gasteiger charge is 2.34. The fourth-order valence-corrected chi connectivity index (χ4v) is 3.40. The average Bonchev–Trinajstić information content (AvgIpc) is 2.55. The highest BCUT2D eigenvalue weighted by Crippen LogP contribution is 2.31. The maximum absolute atomic E-state index is 12.2. The predicted molar refractivity (Wildman–Crippen MR) is 91.9 cm³/mol. The third-order valence-corrected chi connectivity index (χ3v) is 5.03. The molecule has 0 amide bonds. The van der Waals surface area contributed by atoms with Gasteiger partial charge >= 0.3 is 0 Å². The van der Waals surface area contributed by atoms with Crippen molar-refractivity contribution in [3.05, 3.63) is 40.3 Å². The zero-order valence-corrected chi connectivity index (χ0v) is 15.8. The maximum Gasteiger partial charge on any atom is 0.264 e. The number of benzene rings is 1. The molecule has 0 heterocycles. The SMILES string of the molecule is CCCCOC([Si])(OCCCC)c1ccccc1S(=O)(=O)N=[N+]=[N-]. The van der Waals surface area contributed by atoms with Gasteiger partial charge in [-0.15, -0.1) is 0 Å². The summed E-state index contributed by atoms with van der Waals surface area (Å²) in [5.74, 6) is 0. The van der Waals surface area contributed by atoms with E-state index in [2.05, 4.69) is 19.7 Å². The van der Waals surface area contributed by atoms with Crippen LogP contribution < -0.4 is 0 Å². The minimum atomic E-state index is -4.17. The van der Waals surface area contributed by atoms with Crippen LogP contribution in [0.2, 0.25) is 0 Å². The van der Waals surface area contributed by atoms with E-state index in [0.717, 1.165) is 25.7 Å². The van der Waals surface area contributed by atoms with Gasteiger partial charge in [0.2, 0.25) is 0 Å². The summed E-state index contributed by atoms with van der Waals surface area (Å²) in [5, 5.41) is 0. The van der Waals surface area contributed by atoms with E-state index >= 15 is 0 Å². The van der Waals surface area contributed by atoms with Gasteiger partial charge in [0, 0.05) is 28.2 Å². The van der Waals surface area contributed by atoms with Gasteiger partial charge in [-0.2, -0.15) is 0 Å². The van der Waals surface area contributed by atoms with Crippen LogP contribution in [0.15, 0.2) is 33.7 Å². The average molecular weight is 369 g/mol. The van der Waals surface area contributed by atoms with E-state index in [-0.39, 0.29) is 10.5 Å². The van der Waals surface area contributed by atoms with E-state index in [4.69, 9.17) is 15.0 Å². The smallest absolute Gasteiger partial charge is 0.264 e. The third kappa shape index (κ3) is 5.61. The molecule has 1 rings (SSSR count). The van der Waals surface area contributed by atoms with Gasteiger partial charge in [0.15, 0.2) is 5.41 Å². The largest absolute Gasteiger partial charge is 0.350 e. The Kier molecular flexibility index (Phi) is 8.44. The molecule has 0 N–H and O–H groups in total. The minimum Gasteiger partial charge on any atom is -0.350 e. The van der Waals surface area contributed by atoms with Crippen LogP contribution in [0.3, 0.4) is 0 Å². The van der Waals surface area contributed by atoms with Crippen molar-refractivity contribution in [1.82, 2.24) is 0 Å². The highest BCUT2D eigenvalue weighted by molar-refractivity contribution is 7.90. The van der Waals surface area contributed by atoms with Crippen molar-refractivity contribution in [1.29, 1.82) is 0 Å². The van der Waals surface area contributed by atoms with Crippen LogP contribution in [0.25, 0.3) is 10.4 Å². The van der Waals surface area contributed by atoms with Crippen molar-refractivity contribution in [3.63, 3.8) is 0 Å². The first-order chi connectivity index (χ1) is 11.4. The number of nitrogens with zero attached hydrogens (tertiary/aromatic N) is 3. The first kappa shape index (κ1) is 20.7. The van der Waals surface area contributed by atoms with Crippen molar-refractivity contribution < 1.29 is 17.9 Å². The monoisotopic (exact) mass is 368 g/mol. The summed E-state index contributed by atoms with van der Waals surface area (Å²) in [6.45, 7) is 4.83. The van der Waals surface area contributed by atoms with Crippen LogP contribution in [0.1, 0.15) is 45.1 Å². The molecule has 0 saturated heterocycles. The fraction of sp³-hybridized carbons (Fsp3) is 0.600. The zero-order chi connectivity index (χ0) is 18.1. The second kappa shape index (κ2) is 9.80. The molecule has 7 nitrogen and oxygen atoms in total. The summed E-state index contributed by atoms with van der Waals surface area (Å²) in [7, 11) is -0.700. The number of hydrogen-bond acceptors (Lipinski definition) is 4. The van der Waals surface area contributed by atoms with Gasteiger partial charge in [-0.1, -0.05) is 44.9 Å². The van der Waals surface area contributed by atoms with E-state index in [9.17, 15) is 8.42 Å². The Hall–Kier alpha value is -1.38. The second-order valence-corrected chi connectivity index (χ2v) is 7.37. The molecule has 9 heteroatoms. The molecule has 0 bridgehead atoms. The number of unbranched alkanes of at least 4 members (excludes halogenated alkanes) is 2. The van der Waals surface area contributed by atoms with E-state index in [1.54, 1.807) is 18.2 Å². The maximum atomic E-state index is 12.2. The number of rotatable bonds is 11. The molecule has 0 saturated carbocycles. The number of hydrogen-bond donors (Lipinski definition) is 0. The Balaban J connectivity index is 3.29. The molecule has 3 radical (unpaired) electrons. The minimum absolute atomic E-state index is 0.147. The van der Waals surface area contributed by atoms with Gasteiger partial charge in [-0.3, -0.25) is 0 Å². The molecule has 24 heavy (non-hydrogen) atoms. The summed E-state index contributed by atoms with van der Waals surface area (Å²) >= 11 is 0. The Morgan fingerprint density at radius 3 is 2.21 bits per heavy atom. The quantitative estimate of drug-likeness (QED) is 0.149. The lowest BCUT2D eigenvalue weighted by Crippen LogP contribution is -2.36. The predicted octanol–water partition coefficient (Wildman–Crippen LogP) is 3.60. The lowest BCUT2D eigenvalue weighted by atomic mass is 10.2. The summed E-state index contributed by atoms with van der Waals surface area (Å²) in [5.41, 5.74) is 7.34. The van der Waals surface area contributed by atoms with E-state index in [0.29, 0.717) is 13.2 Å². The molecule has 1 aromatic rings. The van der Waals surface area contributed by atoms with Gasteiger partial charge in [0.1, 0.15) is 10.2 Å². The Morgan fingerprint density at radius 1 is 1.17 bits per heavy atom. The Labute approximate surface area is 146 Å². The van der Waals surface area contributed by atoms with Gasteiger partial charge < -0.3 is 9.47 Å². The first-order valence-electron chi connectivity index (χ1n) is 7.85. The molecule has 131 valence electrons. The molecule has 0 aliphatic carbocycles. The molecule has 0 spiro atoms. The van der Waals surface area contributed by atoms with E-state index in [1.165, 1.54) is 6.07 Å². The van der Waals surface area contributed by atoms with Crippen LogP contribution >= 0.6 is 0 Å². The third-order valence-electron chi connectivity index (χ3n) is 3.27. The summed E-state index contributed by atoms with van der Waals surface area (Å²) < 4.78 is 38.9. The topological polar surface area (TPSA) is 101 Å². The van der Waals surface area contributed by atoms with Gasteiger partial charge in [-0.25, -0.2) is 8.42 Å².